The number of rotatable bonds is 5. The summed E-state index contributed by atoms with van der Waals surface area (Å²) >= 11 is 3.49. The number of fused-ring (bicyclic) bond motifs is 1. The summed E-state index contributed by atoms with van der Waals surface area (Å²) in [6, 6.07) is 12.5. The van der Waals surface area contributed by atoms with Crippen LogP contribution >= 0.6 is 15.9 Å². The van der Waals surface area contributed by atoms with Gasteiger partial charge in [-0.05, 0) is 35.9 Å². The van der Waals surface area contributed by atoms with Gasteiger partial charge in [0.25, 0.3) is 0 Å². The van der Waals surface area contributed by atoms with E-state index < -0.39 is 5.63 Å². The number of nitrogens with zero attached hydrogens (tertiary/aromatic N) is 1. The smallest absolute Gasteiger partial charge is 0.336 e. The predicted molar refractivity (Wildman–Crippen MR) is 121 cm³/mol. The second kappa shape index (κ2) is 8.89. The van der Waals surface area contributed by atoms with Gasteiger partial charge in [-0.25, -0.2) is 4.79 Å². The van der Waals surface area contributed by atoms with E-state index in [-0.39, 0.29) is 12.3 Å². The number of hydrogen-bond donors (Lipinski definition) is 2. The molecule has 0 saturated carbocycles. The molecule has 4 rings (SSSR count). The Kier molecular flexibility index (Phi) is 6.06. The highest BCUT2D eigenvalue weighted by atomic mass is 79.9. The third-order valence-electron chi connectivity index (χ3n) is 5.08. The minimum absolute atomic E-state index is 0.0575. The second-order valence-electron chi connectivity index (χ2n) is 7.08. The van der Waals surface area contributed by atoms with Crippen molar-refractivity contribution in [1.29, 1.82) is 0 Å². The zero-order chi connectivity index (χ0) is 21.1. The van der Waals surface area contributed by atoms with Gasteiger partial charge in [-0.3, -0.25) is 4.79 Å². The summed E-state index contributed by atoms with van der Waals surface area (Å²) in [4.78, 5) is 27.1. The monoisotopic (exact) mass is 471 g/mol. The lowest BCUT2D eigenvalue weighted by atomic mass is 10.1. The molecule has 0 spiro atoms. The number of carbonyl (C=O) groups excluding carboxylic acids is 1. The van der Waals surface area contributed by atoms with Gasteiger partial charge in [-0.1, -0.05) is 15.9 Å². The Morgan fingerprint density at radius 3 is 2.77 bits per heavy atom. The van der Waals surface area contributed by atoms with Crippen LogP contribution in [0.1, 0.15) is 5.56 Å². The number of benzene rings is 2. The lowest BCUT2D eigenvalue weighted by molar-refractivity contribution is -0.115. The van der Waals surface area contributed by atoms with Crippen LogP contribution in [0.3, 0.4) is 0 Å². The minimum Gasteiger partial charge on any atom is -0.497 e. The summed E-state index contributed by atoms with van der Waals surface area (Å²) in [7, 11) is 1.55. The first-order valence-electron chi connectivity index (χ1n) is 9.69. The Morgan fingerprint density at radius 1 is 1.20 bits per heavy atom. The zero-order valence-electron chi connectivity index (χ0n) is 16.5. The molecule has 2 N–H and O–H groups in total. The summed E-state index contributed by atoms with van der Waals surface area (Å²) < 4.78 is 11.3. The van der Waals surface area contributed by atoms with E-state index in [2.05, 4.69) is 31.5 Å². The first-order chi connectivity index (χ1) is 14.5. The van der Waals surface area contributed by atoms with E-state index in [4.69, 9.17) is 9.15 Å². The van der Waals surface area contributed by atoms with Crippen molar-refractivity contribution in [2.24, 2.45) is 0 Å². The van der Waals surface area contributed by atoms with Crippen LogP contribution in [0.15, 0.2) is 56.1 Å². The fourth-order valence-electron chi connectivity index (χ4n) is 3.64. The molecule has 1 aliphatic heterocycles. The normalized spacial score (nSPS) is 14.0. The van der Waals surface area contributed by atoms with Gasteiger partial charge in [-0.2, -0.15) is 0 Å². The highest BCUT2D eigenvalue weighted by Crippen LogP contribution is 2.30. The van der Waals surface area contributed by atoms with Crippen LogP contribution in [0.2, 0.25) is 0 Å². The van der Waals surface area contributed by atoms with Crippen molar-refractivity contribution in [3.63, 3.8) is 0 Å². The number of methoxy groups -OCH3 is 1. The van der Waals surface area contributed by atoms with E-state index in [1.54, 1.807) is 25.3 Å². The van der Waals surface area contributed by atoms with E-state index in [0.717, 1.165) is 42.0 Å². The van der Waals surface area contributed by atoms with Gasteiger partial charge in [-0.15, -0.1) is 0 Å². The summed E-state index contributed by atoms with van der Waals surface area (Å²) in [6.07, 6.45) is 0.0575. The van der Waals surface area contributed by atoms with Crippen LogP contribution in [0.4, 0.5) is 11.4 Å². The number of hydrogen-bond acceptors (Lipinski definition) is 6. The SMILES string of the molecule is COc1ccc2c(CC(=O)Nc3cc(Br)ccc3N3CCNCC3)cc(=O)oc2c1. The summed E-state index contributed by atoms with van der Waals surface area (Å²) in [5, 5.41) is 7.06. The van der Waals surface area contributed by atoms with Crippen LogP contribution in [0.25, 0.3) is 11.0 Å². The number of ether oxygens (including phenoxy) is 1. The first kappa shape index (κ1) is 20.4. The molecule has 0 bridgehead atoms. The lowest BCUT2D eigenvalue weighted by Crippen LogP contribution is -2.43. The number of piperazine rings is 1. The number of carbonyl (C=O) groups is 1. The Morgan fingerprint density at radius 2 is 2.00 bits per heavy atom. The molecule has 0 radical (unpaired) electrons. The zero-order valence-corrected chi connectivity index (χ0v) is 18.1. The third-order valence-corrected chi connectivity index (χ3v) is 5.57. The van der Waals surface area contributed by atoms with Crippen LogP contribution in [-0.2, 0) is 11.2 Å². The highest BCUT2D eigenvalue weighted by Gasteiger charge is 2.17. The van der Waals surface area contributed by atoms with Crippen LogP contribution in [0, 0.1) is 0 Å². The van der Waals surface area contributed by atoms with Crippen molar-refractivity contribution >= 4 is 44.2 Å². The van der Waals surface area contributed by atoms with Crippen molar-refractivity contribution in [3.8, 4) is 5.75 Å². The van der Waals surface area contributed by atoms with Gasteiger partial charge >= 0.3 is 5.63 Å². The molecule has 0 unspecified atom stereocenters. The topological polar surface area (TPSA) is 83.8 Å². The number of halogens is 1. The van der Waals surface area contributed by atoms with E-state index in [9.17, 15) is 9.59 Å². The average molecular weight is 472 g/mol. The van der Waals surface area contributed by atoms with Crippen LogP contribution in [-0.4, -0.2) is 39.2 Å². The molecule has 8 heteroatoms. The maximum absolute atomic E-state index is 12.9. The quantitative estimate of drug-likeness (QED) is 0.556. The molecule has 156 valence electrons. The van der Waals surface area contributed by atoms with E-state index in [0.29, 0.717) is 22.3 Å². The molecular weight excluding hydrogens is 450 g/mol. The second-order valence-corrected chi connectivity index (χ2v) is 7.99. The molecule has 30 heavy (non-hydrogen) atoms. The Balaban J connectivity index is 1.60. The molecule has 1 fully saturated rings. The van der Waals surface area contributed by atoms with Gasteiger partial charge in [0.2, 0.25) is 5.91 Å². The third kappa shape index (κ3) is 4.49. The lowest BCUT2D eigenvalue weighted by Gasteiger charge is -2.31. The number of anilines is 2. The largest absolute Gasteiger partial charge is 0.497 e. The summed E-state index contributed by atoms with van der Waals surface area (Å²) in [6.45, 7) is 3.55. The molecule has 1 aromatic heterocycles. The van der Waals surface area contributed by atoms with Crippen molar-refractivity contribution < 1.29 is 13.9 Å². The van der Waals surface area contributed by atoms with Crippen molar-refractivity contribution in [2.45, 2.75) is 6.42 Å². The van der Waals surface area contributed by atoms with Crippen molar-refractivity contribution in [2.75, 3.05) is 43.5 Å². The van der Waals surface area contributed by atoms with Gasteiger partial charge in [0.15, 0.2) is 0 Å². The molecule has 1 aliphatic rings. The van der Waals surface area contributed by atoms with Crippen molar-refractivity contribution in [3.05, 3.63) is 62.9 Å². The van der Waals surface area contributed by atoms with Crippen LogP contribution < -0.4 is 25.9 Å². The maximum Gasteiger partial charge on any atom is 0.336 e. The van der Waals surface area contributed by atoms with Crippen LogP contribution in [0.5, 0.6) is 5.75 Å². The molecule has 7 nitrogen and oxygen atoms in total. The van der Waals surface area contributed by atoms with E-state index in [1.807, 2.05) is 18.2 Å². The predicted octanol–water partition coefficient (Wildman–Crippen LogP) is 3.15. The average Bonchev–Trinajstić information content (AvgIpc) is 2.73. The van der Waals surface area contributed by atoms with Gasteiger partial charge in [0.05, 0.1) is 24.9 Å². The molecule has 2 heterocycles. The molecule has 1 saturated heterocycles. The number of amides is 1. The highest BCUT2D eigenvalue weighted by molar-refractivity contribution is 9.10. The Labute approximate surface area is 182 Å². The van der Waals surface area contributed by atoms with Gasteiger partial charge in [0.1, 0.15) is 11.3 Å². The molecule has 1 amide bonds. The van der Waals surface area contributed by atoms with Gasteiger partial charge in [0, 0.05) is 48.2 Å². The fraction of sp³-hybridized carbons (Fsp3) is 0.273. The van der Waals surface area contributed by atoms with Crippen molar-refractivity contribution in [1.82, 2.24) is 5.32 Å². The minimum atomic E-state index is -0.498. The Bertz CT molecular complexity index is 1140. The van der Waals surface area contributed by atoms with E-state index >= 15 is 0 Å². The first-order valence-corrected chi connectivity index (χ1v) is 10.5. The van der Waals surface area contributed by atoms with E-state index in [1.165, 1.54) is 6.07 Å². The molecule has 3 aromatic rings. The molecule has 0 aliphatic carbocycles. The molecule has 2 aromatic carbocycles. The summed E-state index contributed by atoms with van der Waals surface area (Å²) in [5.74, 6) is 0.384. The molecular formula is C22H22BrN3O4. The maximum atomic E-state index is 12.9. The summed E-state index contributed by atoms with van der Waals surface area (Å²) in [5.41, 5.74) is 2.23. The molecule has 0 atom stereocenters. The van der Waals surface area contributed by atoms with Gasteiger partial charge < -0.3 is 24.7 Å². The standard InChI is InChI=1S/C22H22BrN3O4/c1-29-16-3-4-17-14(11-22(28)30-20(17)13-16)10-21(27)25-18-12-15(23)2-5-19(18)26-8-6-24-7-9-26/h2-5,11-13,24H,6-10H2,1H3,(H,25,27). The fourth-order valence-corrected chi connectivity index (χ4v) is 4.00. The Hall–Kier alpha value is -2.84. The number of nitrogens with one attached hydrogen (secondary N) is 2.